The number of alkyl halides is 3. The number of hydrogen-bond acceptors (Lipinski definition) is 5. The Balaban J connectivity index is 1.97. The number of halogens is 3. The Morgan fingerprint density at radius 2 is 1.91 bits per heavy atom. The molecule has 1 aliphatic heterocycles. The molecule has 1 aromatic rings. The largest absolute Gasteiger partial charge is 0.451 e. The molecule has 0 amide bonds. The lowest BCUT2D eigenvalue weighted by Gasteiger charge is -2.19. The van der Waals surface area contributed by atoms with Crippen molar-refractivity contribution < 1.29 is 40.4 Å². The third-order valence-electron chi connectivity index (χ3n) is 3.03. The van der Waals surface area contributed by atoms with Gasteiger partial charge in [-0.25, -0.2) is 0 Å². The first-order chi connectivity index (χ1) is 10.5. The lowest BCUT2D eigenvalue weighted by molar-refractivity contribution is -0.214. The maximum atomic E-state index is 12.6. The minimum absolute atomic E-state index is 0.0142. The molecule has 0 spiro atoms. The van der Waals surface area contributed by atoms with Crippen molar-refractivity contribution >= 4 is 16.1 Å². The minimum Gasteiger partial charge on any atom is -0.451 e. The second-order valence-electron chi connectivity index (χ2n) is 5.01. The van der Waals surface area contributed by atoms with Gasteiger partial charge < -0.3 is 9.47 Å². The molecule has 23 heavy (non-hydrogen) atoms. The normalized spacial score (nSPS) is 19.2. The Labute approximate surface area is 129 Å². The predicted octanol–water partition coefficient (Wildman–Crippen LogP) is 1.66. The Hall–Kier alpha value is -1.65. The number of benzene rings is 1. The highest BCUT2D eigenvalue weighted by Crippen LogP contribution is 2.29. The average molecular weight is 354 g/mol. The van der Waals surface area contributed by atoms with E-state index in [4.69, 9.17) is 9.29 Å². The molecule has 1 saturated heterocycles. The van der Waals surface area contributed by atoms with Crippen molar-refractivity contribution in [2.75, 3.05) is 12.4 Å². The van der Waals surface area contributed by atoms with E-state index in [1.54, 1.807) is 24.3 Å². The summed E-state index contributed by atoms with van der Waals surface area (Å²) in [5, 5.41) is 0. The van der Waals surface area contributed by atoms with E-state index < -0.39 is 40.5 Å². The summed E-state index contributed by atoms with van der Waals surface area (Å²) in [6.45, 7) is 0.601. The van der Waals surface area contributed by atoms with Crippen LogP contribution in [0.25, 0.3) is 0 Å². The summed E-state index contributed by atoms with van der Waals surface area (Å²) in [4.78, 5) is 11.6. The van der Waals surface area contributed by atoms with Gasteiger partial charge in [-0.1, -0.05) is 24.3 Å². The standard InChI is InChI=1S/C13H13F3O6S/c14-13(15,16)11(7-23(18,19)20)22-12(17)5-8-1-3-9(4-2-8)10-6-21-10/h1-4,10-11H,5-7H2,(H,18,19,20). The fourth-order valence-electron chi connectivity index (χ4n) is 1.84. The first-order valence-electron chi connectivity index (χ1n) is 6.46. The van der Waals surface area contributed by atoms with Crippen molar-refractivity contribution in [2.24, 2.45) is 0 Å². The number of rotatable bonds is 6. The van der Waals surface area contributed by atoms with Gasteiger partial charge in [-0.05, 0) is 11.1 Å². The molecule has 0 aliphatic carbocycles. The van der Waals surface area contributed by atoms with Crippen LogP contribution in [0.15, 0.2) is 24.3 Å². The summed E-state index contributed by atoms with van der Waals surface area (Å²) in [5.74, 6) is -2.98. The second-order valence-corrected chi connectivity index (χ2v) is 6.51. The van der Waals surface area contributed by atoms with Gasteiger partial charge in [0.2, 0.25) is 6.10 Å². The van der Waals surface area contributed by atoms with E-state index in [1.807, 2.05) is 0 Å². The van der Waals surface area contributed by atoms with Crippen LogP contribution in [0, 0.1) is 0 Å². The molecule has 10 heteroatoms. The zero-order chi connectivity index (χ0) is 17.3. The first-order valence-corrected chi connectivity index (χ1v) is 8.07. The van der Waals surface area contributed by atoms with E-state index in [2.05, 4.69) is 4.74 Å². The molecule has 0 aromatic heterocycles. The van der Waals surface area contributed by atoms with Crippen LogP contribution in [-0.2, 0) is 30.8 Å². The Morgan fingerprint density at radius 1 is 1.35 bits per heavy atom. The van der Waals surface area contributed by atoms with Crippen LogP contribution in [0.3, 0.4) is 0 Å². The average Bonchev–Trinajstić information content (AvgIpc) is 3.20. The molecule has 0 radical (unpaired) electrons. The van der Waals surface area contributed by atoms with Crippen LogP contribution >= 0.6 is 0 Å². The third kappa shape index (κ3) is 5.81. The highest BCUT2D eigenvalue weighted by molar-refractivity contribution is 7.85. The second kappa shape index (κ2) is 6.46. The maximum absolute atomic E-state index is 12.6. The number of hydrogen-bond donors (Lipinski definition) is 1. The van der Waals surface area contributed by atoms with Crippen LogP contribution in [0.5, 0.6) is 0 Å². The third-order valence-corrected chi connectivity index (χ3v) is 3.76. The smallest absolute Gasteiger partial charge is 0.426 e. The van der Waals surface area contributed by atoms with Gasteiger partial charge in [-0.15, -0.1) is 0 Å². The quantitative estimate of drug-likeness (QED) is 0.474. The molecule has 1 aliphatic rings. The molecule has 2 atom stereocenters. The topological polar surface area (TPSA) is 93.2 Å². The summed E-state index contributed by atoms with van der Waals surface area (Å²) in [7, 11) is -4.94. The van der Waals surface area contributed by atoms with Crippen LogP contribution in [0.1, 0.15) is 17.2 Å². The zero-order valence-corrected chi connectivity index (χ0v) is 12.4. The van der Waals surface area contributed by atoms with Crippen LogP contribution in [0.4, 0.5) is 13.2 Å². The SMILES string of the molecule is O=C(Cc1ccc(C2CO2)cc1)OC(CS(=O)(=O)O)C(F)(F)F. The summed E-state index contributed by atoms with van der Waals surface area (Å²) in [6, 6.07) is 6.45. The molecule has 2 rings (SSSR count). The highest BCUT2D eigenvalue weighted by atomic mass is 32.2. The molecule has 0 bridgehead atoms. The van der Waals surface area contributed by atoms with E-state index in [-0.39, 0.29) is 6.10 Å². The molecule has 128 valence electrons. The monoisotopic (exact) mass is 354 g/mol. The molecule has 6 nitrogen and oxygen atoms in total. The lowest BCUT2D eigenvalue weighted by atomic mass is 10.1. The van der Waals surface area contributed by atoms with Crippen LogP contribution in [-0.4, -0.2) is 43.6 Å². The molecule has 1 fully saturated rings. The molecular weight excluding hydrogens is 341 g/mol. The van der Waals surface area contributed by atoms with Gasteiger partial charge in [-0.2, -0.15) is 21.6 Å². The first kappa shape index (κ1) is 17.7. The van der Waals surface area contributed by atoms with Crippen LogP contribution in [0.2, 0.25) is 0 Å². The number of esters is 1. The Morgan fingerprint density at radius 3 is 2.35 bits per heavy atom. The van der Waals surface area contributed by atoms with E-state index in [0.29, 0.717) is 12.2 Å². The van der Waals surface area contributed by atoms with Crippen molar-refractivity contribution in [1.82, 2.24) is 0 Å². The highest BCUT2D eigenvalue weighted by Gasteiger charge is 2.45. The summed E-state index contributed by atoms with van der Waals surface area (Å²) in [5.41, 5.74) is 1.30. The van der Waals surface area contributed by atoms with Gasteiger partial charge in [0.15, 0.2) is 0 Å². The number of carbonyl (C=O) groups is 1. The van der Waals surface area contributed by atoms with E-state index in [1.165, 1.54) is 0 Å². The summed E-state index contributed by atoms with van der Waals surface area (Å²) < 4.78 is 76.8. The molecule has 1 N–H and O–H groups in total. The van der Waals surface area contributed by atoms with Gasteiger partial charge in [0.25, 0.3) is 10.1 Å². The lowest BCUT2D eigenvalue weighted by Crippen LogP contribution is -2.39. The fraction of sp³-hybridized carbons (Fsp3) is 0.462. The van der Waals surface area contributed by atoms with Gasteiger partial charge >= 0.3 is 12.1 Å². The Bertz CT molecular complexity index is 664. The molecule has 1 heterocycles. The molecular formula is C13H13F3O6S. The summed E-state index contributed by atoms with van der Waals surface area (Å²) in [6.07, 6.45) is -8.45. The number of ether oxygens (including phenoxy) is 2. The van der Waals surface area contributed by atoms with Crippen molar-refractivity contribution in [2.45, 2.75) is 24.8 Å². The van der Waals surface area contributed by atoms with Gasteiger partial charge in [-0.3, -0.25) is 9.35 Å². The van der Waals surface area contributed by atoms with Gasteiger partial charge in [0.05, 0.1) is 13.0 Å². The van der Waals surface area contributed by atoms with E-state index in [0.717, 1.165) is 5.56 Å². The fourth-order valence-corrected chi connectivity index (χ4v) is 2.48. The van der Waals surface area contributed by atoms with Crippen molar-refractivity contribution in [3.63, 3.8) is 0 Å². The number of carbonyl (C=O) groups excluding carboxylic acids is 1. The number of epoxide rings is 1. The van der Waals surface area contributed by atoms with Crippen molar-refractivity contribution in [3.8, 4) is 0 Å². The Kier molecular flexibility index (Phi) is 4.97. The van der Waals surface area contributed by atoms with Gasteiger partial charge in [0, 0.05) is 0 Å². The molecule has 0 saturated carbocycles. The van der Waals surface area contributed by atoms with Crippen molar-refractivity contribution in [3.05, 3.63) is 35.4 Å². The molecule has 1 aromatic carbocycles. The van der Waals surface area contributed by atoms with E-state index in [9.17, 15) is 26.4 Å². The predicted molar refractivity (Wildman–Crippen MR) is 71.2 cm³/mol. The zero-order valence-electron chi connectivity index (χ0n) is 11.6. The van der Waals surface area contributed by atoms with E-state index >= 15 is 0 Å². The minimum atomic E-state index is -5.10. The maximum Gasteiger partial charge on any atom is 0.426 e. The van der Waals surface area contributed by atoms with Gasteiger partial charge in [0.1, 0.15) is 11.9 Å². The van der Waals surface area contributed by atoms with Crippen molar-refractivity contribution in [1.29, 1.82) is 0 Å². The van der Waals surface area contributed by atoms with Crippen LogP contribution < -0.4 is 0 Å². The molecule has 2 unspecified atom stereocenters. The summed E-state index contributed by atoms with van der Waals surface area (Å²) >= 11 is 0.